The van der Waals surface area contributed by atoms with E-state index in [2.05, 4.69) is 30.9 Å². The number of aromatic hydroxyl groups is 1. The van der Waals surface area contributed by atoms with Crippen molar-refractivity contribution in [3.05, 3.63) is 107 Å². The SMILES string of the molecule is Cc1ncsc1-c1ccc(CNC(=O)[C@H]2C[C@H](O)CN2C(=O)[C@H](NC(=O)CCCCCCC(=O)NC(c2cccnc2)c2cc(C)c3cccnc3c2O)C(C)(C)C)cc1. The number of fused-ring (bicyclic) bond motifs is 1. The summed E-state index contributed by atoms with van der Waals surface area (Å²) in [5.41, 5.74) is 6.72. The molecule has 3 aromatic heterocycles. The van der Waals surface area contributed by atoms with Crippen LogP contribution in [-0.4, -0.2) is 78.4 Å². The zero-order chi connectivity index (χ0) is 43.0. The van der Waals surface area contributed by atoms with Gasteiger partial charge in [-0.15, -0.1) is 11.3 Å². The molecule has 2 aromatic carbocycles. The Hall–Kier alpha value is -5.73. The lowest BCUT2D eigenvalue weighted by atomic mass is 9.85. The number of phenols is 1. The highest BCUT2D eigenvalue weighted by Gasteiger charge is 2.44. The number of β-amino-alcohol motifs (C(OH)–C–C–N with tert-alkyl or cyclic N) is 1. The minimum absolute atomic E-state index is 0.000895. The van der Waals surface area contributed by atoms with Crippen molar-refractivity contribution in [1.82, 2.24) is 35.8 Å². The third-order valence-electron chi connectivity index (χ3n) is 11.0. The lowest BCUT2D eigenvalue weighted by molar-refractivity contribution is -0.144. The number of unbranched alkanes of at least 4 members (excludes halogenated alkanes) is 3. The third-order valence-corrected chi connectivity index (χ3v) is 12.0. The number of hydrogen-bond donors (Lipinski definition) is 5. The highest BCUT2D eigenvalue weighted by molar-refractivity contribution is 7.13. The van der Waals surface area contributed by atoms with Gasteiger partial charge in [0.15, 0.2) is 0 Å². The van der Waals surface area contributed by atoms with Crippen LogP contribution >= 0.6 is 11.3 Å². The van der Waals surface area contributed by atoms with Crippen molar-refractivity contribution in [3.63, 3.8) is 0 Å². The number of aryl methyl sites for hydroxylation is 2. The van der Waals surface area contributed by atoms with Gasteiger partial charge in [0.25, 0.3) is 0 Å². The van der Waals surface area contributed by atoms with Gasteiger partial charge in [-0.1, -0.05) is 70.0 Å². The fourth-order valence-corrected chi connectivity index (χ4v) is 8.52. The molecule has 0 aliphatic carbocycles. The fourth-order valence-electron chi connectivity index (χ4n) is 7.71. The second-order valence-electron chi connectivity index (χ2n) is 16.7. The lowest BCUT2D eigenvalue weighted by Crippen LogP contribution is -2.57. The number of aliphatic hydroxyl groups is 1. The Kier molecular flexibility index (Phi) is 14.3. The van der Waals surface area contributed by atoms with Gasteiger partial charge in [-0.05, 0) is 72.6 Å². The topological polar surface area (TPSA) is 187 Å². The van der Waals surface area contributed by atoms with Crippen LogP contribution in [0, 0.1) is 19.3 Å². The van der Waals surface area contributed by atoms with Crippen LogP contribution in [0.3, 0.4) is 0 Å². The van der Waals surface area contributed by atoms with Crippen molar-refractivity contribution < 1.29 is 29.4 Å². The number of aliphatic hydroxyl groups excluding tert-OH is 1. The van der Waals surface area contributed by atoms with E-state index in [1.54, 1.807) is 36.0 Å². The van der Waals surface area contributed by atoms with E-state index in [0.29, 0.717) is 36.8 Å². The first kappa shape index (κ1) is 43.8. The van der Waals surface area contributed by atoms with Crippen molar-refractivity contribution >= 4 is 45.9 Å². The second-order valence-corrected chi connectivity index (χ2v) is 17.5. The van der Waals surface area contributed by atoms with Crippen LogP contribution in [0.15, 0.2) is 78.7 Å². The van der Waals surface area contributed by atoms with Crippen LogP contribution in [0.1, 0.15) is 99.7 Å². The molecule has 5 N–H and O–H groups in total. The van der Waals surface area contributed by atoms with E-state index in [9.17, 15) is 29.4 Å². The summed E-state index contributed by atoms with van der Waals surface area (Å²) in [5, 5.41) is 31.6. The van der Waals surface area contributed by atoms with Crippen molar-refractivity contribution in [3.8, 4) is 16.2 Å². The molecular formula is C46H55N7O6S. The maximum absolute atomic E-state index is 14.0. The van der Waals surface area contributed by atoms with E-state index in [-0.39, 0.29) is 55.8 Å². The maximum Gasteiger partial charge on any atom is 0.246 e. The first-order valence-electron chi connectivity index (χ1n) is 20.5. The van der Waals surface area contributed by atoms with Crippen LogP contribution in [0.25, 0.3) is 21.3 Å². The number of pyridine rings is 2. The second kappa shape index (κ2) is 19.6. The van der Waals surface area contributed by atoms with Gasteiger partial charge in [0.2, 0.25) is 23.6 Å². The predicted molar refractivity (Wildman–Crippen MR) is 232 cm³/mol. The smallest absolute Gasteiger partial charge is 0.246 e. The van der Waals surface area contributed by atoms with E-state index < -0.39 is 35.6 Å². The van der Waals surface area contributed by atoms with E-state index >= 15 is 0 Å². The Balaban J connectivity index is 0.972. The molecule has 5 aromatic rings. The summed E-state index contributed by atoms with van der Waals surface area (Å²) in [6.07, 6.45) is 7.21. The minimum Gasteiger partial charge on any atom is -0.505 e. The van der Waals surface area contributed by atoms with Crippen LogP contribution in [0.2, 0.25) is 0 Å². The molecule has 4 amide bonds. The van der Waals surface area contributed by atoms with E-state index in [4.69, 9.17) is 0 Å². The molecule has 13 nitrogen and oxygen atoms in total. The van der Waals surface area contributed by atoms with Gasteiger partial charge in [-0.2, -0.15) is 0 Å². The van der Waals surface area contributed by atoms with E-state index in [1.165, 1.54) is 4.90 Å². The molecule has 0 spiro atoms. The van der Waals surface area contributed by atoms with Gasteiger partial charge in [0.1, 0.15) is 23.3 Å². The molecule has 1 saturated heterocycles. The van der Waals surface area contributed by atoms with Gasteiger partial charge in [0, 0.05) is 61.9 Å². The lowest BCUT2D eigenvalue weighted by Gasteiger charge is -2.35. The van der Waals surface area contributed by atoms with Crippen LogP contribution in [0.5, 0.6) is 5.75 Å². The molecule has 0 radical (unpaired) electrons. The number of amides is 4. The number of phenolic OH excluding ortho intramolecular Hbond substituents is 1. The number of aromatic nitrogens is 3. The molecule has 1 aliphatic rings. The quantitative estimate of drug-likeness (QED) is 0.0699. The summed E-state index contributed by atoms with van der Waals surface area (Å²) in [5.74, 6) is -1.21. The number of thiazole rings is 1. The van der Waals surface area contributed by atoms with Gasteiger partial charge < -0.3 is 31.1 Å². The Bertz CT molecular complexity index is 2290. The molecular weight excluding hydrogens is 779 g/mol. The zero-order valence-corrected chi connectivity index (χ0v) is 35.7. The standard InChI is InChI=1S/C46H55N7O6S/c1-28-22-35(41(57)40-34(28)13-11-21-48-40)39(32-12-10-20-47-25-32)51-37(55)14-8-6-7-9-15-38(56)52-43(46(3,4)5)45(59)53-26-33(54)23-36(53)44(58)49-24-30-16-18-31(19-17-30)42-29(2)50-27-60-42/h10-13,16-22,25,27,33,36,39,43,54,57H,6-9,14-15,23-24,26H2,1-5H3,(H,49,58)(H,51,55)(H,52,56)/t33-,36+,39?,43-/m0/s1. The van der Waals surface area contributed by atoms with Crippen molar-refractivity contribution in [2.75, 3.05) is 6.54 Å². The number of hydrogen-bond acceptors (Lipinski definition) is 10. The highest BCUT2D eigenvalue weighted by Crippen LogP contribution is 2.36. The molecule has 1 aliphatic heterocycles. The maximum atomic E-state index is 14.0. The number of likely N-dealkylation sites (tertiary alicyclic amines) is 1. The van der Waals surface area contributed by atoms with Crippen LogP contribution in [0.4, 0.5) is 0 Å². The molecule has 0 bridgehead atoms. The number of carbonyl (C=O) groups excluding carboxylic acids is 4. The minimum atomic E-state index is -0.911. The molecule has 14 heteroatoms. The average molecular weight is 834 g/mol. The first-order chi connectivity index (χ1) is 28.7. The molecule has 4 atom stereocenters. The summed E-state index contributed by atoms with van der Waals surface area (Å²) in [7, 11) is 0. The van der Waals surface area contributed by atoms with E-state index in [0.717, 1.165) is 38.2 Å². The Morgan fingerprint density at radius 3 is 2.27 bits per heavy atom. The van der Waals surface area contributed by atoms with Crippen LogP contribution in [-0.2, 0) is 25.7 Å². The molecule has 4 heterocycles. The third kappa shape index (κ3) is 10.7. The van der Waals surface area contributed by atoms with Gasteiger partial charge in [-0.25, -0.2) is 4.98 Å². The first-order valence-corrected chi connectivity index (χ1v) is 21.4. The molecule has 1 unspecified atom stereocenters. The molecule has 0 saturated carbocycles. The monoisotopic (exact) mass is 833 g/mol. The normalized spacial score (nSPS) is 16.3. The van der Waals surface area contributed by atoms with Crippen molar-refractivity contribution in [2.45, 2.75) is 110 Å². The summed E-state index contributed by atoms with van der Waals surface area (Å²) >= 11 is 1.57. The van der Waals surface area contributed by atoms with Gasteiger partial charge >= 0.3 is 0 Å². The van der Waals surface area contributed by atoms with Crippen LogP contribution < -0.4 is 16.0 Å². The van der Waals surface area contributed by atoms with Crippen molar-refractivity contribution in [1.29, 1.82) is 0 Å². The molecule has 1 fully saturated rings. The van der Waals surface area contributed by atoms with E-state index in [1.807, 2.05) is 88.7 Å². The fraction of sp³-hybridized carbons (Fsp3) is 0.413. The Labute approximate surface area is 355 Å². The molecule has 316 valence electrons. The summed E-state index contributed by atoms with van der Waals surface area (Å²) < 4.78 is 0. The summed E-state index contributed by atoms with van der Waals surface area (Å²) in [4.78, 5) is 69.4. The number of nitrogens with zero attached hydrogens (tertiary/aromatic N) is 4. The number of benzene rings is 2. The summed E-state index contributed by atoms with van der Waals surface area (Å²) in [6, 6.07) is 14.7. The largest absolute Gasteiger partial charge is 0.505 e. The number of nitrogens with one attached hydrogen (secondary N) is 3. The van der Waals surface area contributed by atoms with Crippen molar-refractivity contribution in [2.24, 2.45) is 5.41 Å². The zero-order valence-electron chi connectivity index (χ0n) is 34.9. The average Bonchev–Trinajstić information content (AvgIpc) is 3.85. The van der Waals surface area contributed by atoms with Gasteiger partial charge in [0.05, 0.1) is 28.2 Å². The molecule has 6 rings (SSSR count). The number of carbonyl (C=O) groups is 4. The van der Waals surface area contributed by atoms with Gasteiger partial charge in [-0.3, -0.25) is 29.1 Å². The Morgan fingerprint density at radius 1 is 0.917 bits per heavy atom. The summed E-state index contributed by atoms with van der Waals surface area (Å²) in [6.45, 7) is 9.75. The Morgan fingerprint density at radius 2 is 1.62 bits per heavy atom. The highest BCUT2D eigenvalue weighted by atomic mass is 32.1. The number of rotatable bonds is 16. The predicted octanol–water partition coefficient (Wildman–Crippen LogP) is 6.43. The molecule has 60 heavy (non-hydrogen) atoms.